The van der Waals surface area contributed by atoms with Crippen molar-refractivity contribution < 1.29 is 28.6 Å². The van der Waals surface area contributed by atoms with Crippen LogP contribution in [0.5, 0.6) is 0 Å². The molecule has 0 bridgehead atoms. The number of hydrogen-bond acceptors (Lipinski definition) is 6. The molecule has 0 rings (SSSR count). The predicted octanol–water partition coefficient (Wildman–Crippen LogP) is 12.6. The average Bonchev–Trinajstić information content (AvgIpc) is 3.11. The largest absolute Gasteiger partial charge is 0.462 e. The lowest BCUT2D eigenvalue weighted by Crippen LogP contribution is -2.36. The van der Waals surface area contributed by atoms with E-state index in [9.17, 15) is 14.4 Å². The second kappa shape index (κ2) is 39.9. The number of carbonyl (C=O) groups is 3. The van der Waals surface area contributed by atoms with E-state index >= 15 is 0 Å². The number of carbonyl (C=O) groups excluding carboxylic acids is 3. The van der Waals surface area contributed by atoms with Gasteiger partial charge in [-0.25, -0.2) is 4.79 Å². The Kier molecular flexibility index (Phi) is 38.5. The van der Waals surface area contributed by atoms with Crippen LogP contribution in [0.25, 0.3) is 0 Å². The normalized spacial score (nSPS) is 11.5. The zero-order valence-electron chi connectivity index (χ0n) is 32.3. The van der Waals surface area contributed by atoms with E-state index in [1.807, 2.05) is 0 Å². The number of esters is 2. The fraction of sp³-hybridized carbons (Fsp3) is 0.833. The number of rotatable bonds is 37. The molecule has 0 unspecified atom stereocenters. The lowest BCUT2D eigenvalue weighted by atomic mass is 10.1. The molecule has 0 aliphatic carbocycles. The molecule has 0 saturated carbocycles. The van der Waals surface area contributed by atoms with E-state index in [2.05, 4.69) is 59.4 Å². The van der Waals surface area contributed by atoms with Crippen molar-refractivity contribution in [3.63, 3.8) is 0 Å². The molecule has 0 aliphatic rings. The topological polar surface area (TPSA) is 90.9 Å². The highest BCUT2D eigenvalue weighted by atomic mass is 79.9. The third-order valence-corrected chi connectivity index (χ3v) is 9.18. The Morgan fingerprint density at radius 2 is 0.860 bits per heavy atom. The summed E-state index contributed by atoms with van der Waals surface area (Å²) in [4.78, 5) is 36.8. The second-order valence-electron chi connectivity index (χ2n) is 13.7. The fourth-order valence-corrected chi connectivity index (χ4v) is 5.85. The lowest BCUT2D eigenvalue weighted by molar-refractivity contribution is -0.152. The van der Waals surface area contributed by atoms with E-state index in [1.165, 1.54) is 103 Å². The summed E-state index contributed by atoms with van der Waals surface area (Å²) in [5.74, 6) is -0.645. The molecule has 0 atom stereocenters. The van der Waals surface area contributed by atoms with Crippen LogP contribution in [0.1, 0.15) is 194 Å². The Labute approximate surface area is 316 Å². The number of alkyl carbamates (subject to hydrolysis) is 1. The highest BCUT2D eigenvalue weighted by Crippen LogP contribution is 2.12. The van der Waals surface area contributed by atoms with Gasteiger partial charge in [0.1, 0.15) is 13.2 Å². The van der Waals surface area contributed by atoms with Crippen LogP contribution in [-0.4, -0.2) is 49.2 Å². The molecule has 292 valence electrons. The number of allylic oxidation sites excluding steroid dienone is 4. The van der Waals surface area contributed by atoms with Crippen LogP contribution >= 0.6 is 15.9 Å². The number of hydrogen-bond donors (Lipinski definition) is 1. The van der Waals surface area contributed by atoms with E-state index in [0.717, 1.165) is 64.2 Å². The van der Waals surface area contributed by atoms with Gasteiger partial charge in [-0.05, 0) is 64.2 Å². The van der Waals surface area contributed by atoms with Crippen LogP contribution < -0.4 is 5.32 Å². The maximum absolute atomic E-state index is 12.3. The first-order valence-corrected chi connectivity index (χ1v) is 21.8. The Morgan fingerprint density at radius 1 is 0.520 bits per heavy atom. The molecule has 0 radical (unpaired) electrons. The Bertz CT molecular complexity index is 777. The summed E-state index contributed by atoms with van der Waals surface area (Å²) in [6.07, 6.45) is 39.7. The first-order chi connectivity index (χ1) is 24.5. The van der Waals surface area contributed by atoms with Gasteiger partial charge in [-0.1, -0.05) is 157 Å². The van der Waals surface area contributed by atoms with E-state index < -0.39 is 12.2 Å². The Balaban J connectivity index is 4.02. The minimum Gasteiger partial charge on any atom is -0.462 e. The maximum atomic E-state index is 12.3. The van der Waals surface area contributed by atoms with Crippen LogP contribution in [0, 0.1) is 0 Å². The smallest absolute Gasteiger partial charge is 0.407 e. The highest BCUT2D eigenvalue weighted by molar-refractivity contribution is 9.09. The van der Waals surface area contributed by atoms with Crippen molar-refractivity contribution in [1.29, 1.82) is 0 Å². The number of nitrogens with one attached hydrogen (secondary N) is 1. The quantitative estimate of drug-likeness (QED) is 0.0222. The zero-order valence-corrected chi connectivity index (χ0v) is 33.9. The fourth-order valence-electron chi connectivity index (χ4n) is 5.65. The van der Waals surface area contributed by atoms with Crippen LogP contribution in [0.15, 0.2) is 24.3 Å². The number of alkyl halides is 1. The molecule has 1 N–H and O–H groups in total. The molecule has 0 fully saturated rings. The second-order valence-corrected chi connectivity index (χ2v) is 14.5. The molecule has 50 heavy (non-hydrogen) atoms. The minimum absolute atomic E-state index is 0.133. The Hall–Kier alpha value is -1.83. The van der Waals surface area contributed by atoms with E-state index in [-0.39, 0.29) is 25.2 Å². The predicted molar refractivity (Wildman–Crippen MR) is 213 cm³/mol. The van der Waals surface area contributed by atoms with Gasteiger partial charge in [0, 0.05) is 24.7 Å². The zero-order chi connectivity index (χ0) is 36.6. The van der Waals surface area contributed by atoms with Crippen molar-refractivity contribution in [2.75, 3.05) is 25.1 Å². The van der Waals surface area contributed by atoms with Gasteiger partial charge >= 0.3 is 18.0 Å². The number of ether oxygens (including phenoxy) is 3. The van der Waals surface area contributed by atoms with Gasteiger partial charge in [-0.3, -0.25) is 9.59 Å². The third kappa shape index (κ3) is 37.4. The molecule has 0 saturated heterocycles. The van der Waals surface area contributed by atoms with Crippen LogP contribution in [0.4, 0.5) is 4.79 Å². The first kappa shape index (κ1) is 48.2. The van der Waals surface area contributed by atoms with Gasteiger partial charge in [0.2, 0.25) is 0 Å². The van der Waals surface area contributed by atoms with Crippen LogP contribution in [0.3, 0.4) is 0 Å². The molecule has 0 spiro atoms. The molecule has 0 heterocycles. The summed E-state index contributed by atoms with van der Waals surface area (Å²) in [6.45, 7) is 4.64. The Morgan fingerprint density at radius 3 is 1.22 bits per heavy atom. The molecular formula is C42H76BrNO6. The van der Waals surface area contributed by atoms with E-state index in [0.29, 0.717) is 24.7 Å². The van der Waals surface area contributed by atoms with E-state index in [1.54, 1.807) is 0 Å². The summed E-state index contributed by atoms with van der Waals surface area (Å²) in [5, 5.41) is 3.19. The van der Waals surface area contributed by atoms with Gasteiger partial charge in [0.15, 0.2) is 6.10 Å². The molecule has 0 aromatic rings. The first-order valence-electron chi connectivity index (χ1n) is 20.6. The summed E-state index contributed by atoms with van der Waals surface area (Å²) < 4.78 is 16.2. The van der Waals surface area contributed by atoms with Crippen LogP contribution in [-0.2, 0) is 23.8 Å². The minimum atomic E-state index is -0.846. The summed E-state index contributed by atoms with van der Waals surface area (Å²) in [6, 6.07) is 0. The van der Waals surface area contributed by atoms with Crippen LogP contribution in [0.2, 0.25) is 0 Å². The molecule has 8 heteroatoms. The van der Waals surface area contributed by atoms with Gasteiger partial charge in [0.05, 0.1) is 0 Å². The molecule has 0 aliphatic heterocycles. The molecule has 0 aromatic carbocycles. The van der Waals surface area contributed by atoms with E-state index in [4.69, 9.17) is 14.2 Å². The summed E-state index contributed by atoms with van der Waals surface area (Å²) >= 11 is 3.26. The third-order valence-electron chi connectivity index (χ3n) is 8.78. The summed E-state index contributed by atoms with van der Waals surface area (Å²) in [5.41, 5.74) is 0. The molecule has 0 aromatic heterocycles. The number of halogens is 1. The number of amides is 1. The lowest BCUT2D eigenvalue weighted by Gasteiger charge is -2.18. The van der Waals surface area contributed by atoms with Gasteiger partial charge < -0.3 is 19.5 Å². The highest BCUT2D eigenvalue weighted by Gasteiger charge is 2.19. The molecular weight excluding hydrogens is 694 g/mol. The van der Waals surface area contributed by atoms with Crippen molar-refractivity contribution in [2.24, 2.45) is 0 Å². The van der Waals surface area contributed by atoms with Gasteiger partial charge in [0.25, 0.3) is 0 Å². The van der Waals surface area contributed by atoms with Crippen molar-refractivity contribution in [1.82, 2.24) is 5.32 Å². The maximum Gasteiger partial charge on any atom is 0.407 e. The monoisotopic (exact) mass is 769 g/mol. The standard InChI is InChI=1S/C42H76BrNO6/c1-3-5-7-9-11-13-15-17-19-21-23-25-27-29-31-33-40(45)48-37-39(50-42(47)44-36-35-43)38-49-41(46)34-32-30-28-26-24-22-20-18-16-14-12-10-8-6-4-2/h17-20,39H,3-16,21-38H2,1-2H3,(H,44,47)/b19-17-,20-18-. The van der Waals surface area contributed by atoms with Crippen molar-refractivity contribution in [2.45, 2.75) is 200 Å². The molecule has 7 nitrogen and oxygen atoms in total. The SMILES string of the molecule is CCCCCCCC/C=C\CCCCCCCC(=O)OCC(COC(=O)CCCCCCC/C=C\CCCCCCCC)OC(=O)NCCBr. The summed E-state index contributed by atoms with van der Waals surface area (Å²) in [7, 11) is 0. The average molecular weight is 771 g/mol. The van der Waals surface area contributed by atoms with Gasteiger partial charge in [-0.2, -0.15) is 0 Å². The van der Waals surface area contributed by atoms with Crippen molar-refractivity contribution >= 4 is 34.0 Å². The molecule has 1 amide bonds. The number of unbranched alkanes of at least 4 members (excludes halogenated alkanes) is 22. The van der Waals surface area contributed by atoms with Crippen molar-refractivity contribution in [3.05, 3.63) is 24.3 Å². The van der Waals surface area contributed by atoms with Crippen molar-refractivity contribution in [3.8, 4) is 0 Å². The van der Waals surface area contributed by atoms with Gasteiger partial charge in [-0.15, -0.1) is 0 Å².